The van der Waals surface area contributed by atoms with Crippen molar-refractivity contribution in [2.75, 3.05) is 19.0 Å². The van der Waals surface area contributed by atoms with Crippen molar-refractivity contribution in [1.29, 1.82) is 0 Å². The quantitative estimate of drug-likeness (QED) is 0.577. The second kappa shape index (κ2) is 9.28. The molecule has 0 atom stereocenters. The molecular formula is C21H26N2O5S. The molecule has 3 rings (SSSR count). The molecule has 1 aliphatic rings. The van der Waals surface area contributed by atoms with Gasteiger partial charge >= 0.3 is 5.97 Å². The van der Waals surface area contributed by atoms with Gasteiger partial charge in [0.2, 0.25) is 10.0 Å². The van der Waals surface area contributed by atoms with Crippen LogP contribution in [-0.4, -0.2) is 39.2 Å². The molecule has 0 amide bonds. The van der Waals surface area contributed by atoms with Crippen LogP contribution in [0.15, 0.2) is 47.4 Å². The number of rotatable bonds is 9. The van der Waals surface area contributed by atoms with Crippen LogP contribution in [0.2, 0.25) is 0 Å². The number of sulfonamides is 1. The first-order valence-corrected chi connectivity index (χ1v) is 11.1. The van der Waals surface area contributed by atoms with Crippen LogP contribution in [0.25, 0.3) is 0 Å². The van der Waals surface area contributed by atoms with Gasteiger partial charge in [0.15, 0.2) is 0 Å². The summed E-state index contributed by atoms with van der Waals surface area (Å²) in [7, 11) is -2.22. The number of ether oxygens (including phenoxy) is 1. The van der Waals surface area contributed by atoms with Gasteiger partial charge < -0.3 is 15.2 Å². The fourth-order valence-corrected chi connectivity index (χ4v) is 4.55. The standard InChI is InChI=1S/C21H26N2O5S/c1-28-17-8-6-15(7-9-17)12-13-22-29(26,27)18-10-11-20(19(14-18)21(24)25)23-16-4-2-3-5-16/h6-11,14,16,22-23H,2-5,12-13H2,1H3,(H,24,25). The molecule has 0 aromatic heterocycles. The molecule has 2 aromatic rings. The van der Waals surface area contributed by atoms with Gasteiger partial charge in [-0.25, -0.2) is 17.9 Å². The number of carboxylic acids is 1. The molecule has 0 unspecified atom stereocenters. The lowest BCUT2D eigenvalue weighted by Gasteiger charge is -2.16. The largest absolute Gasteiger partial charge is 0.497 e. The van der Waals surface area contributed by atoms with Crippen molar-refractivity contribution in [1.82, 2.24) is 4.72 Å². The Kier molecular flexibility index (Phi) is 6.76. The molecule has 1 fully saturated rings. The maximum Gasteiger partial charge on any atom is 0.337 e. The zero-order chi connectivity index (χ0) is 20.9. The molecule has 3 N–H and O–H groups in total. The molecule has 0 bridgehead atoms. The van der Waals surface area contributed by atoms with Crippen LogP contribution in [0.1, 0.15) is 41.6 Å². The minimum absolute atomic E-state index is 0.0325. The van der Waals surface area contributed by atoms with Crippen LogP contribution in [0.5, 0.6) is 5.75 Å². The third kappa shape index (κ3) is 5.48. The summed E-state index contributed by atoms with van der Waals surface area (Å²) in [5.74, 6) is -0.414. The van der Waals surface area contributed by atoms with Crippen molar-refractivity contribution in [2.24, 2.45) is 0 Å². The molecule has 1 saturated carbocycles. The Bertz CT molecular complexity index is 952. The average Bonchev–Trinajstić information content (AvgIpc) is 3.21. The zero-order valence-electron chi connectivity index (χ0n) is 16.3. The van der Waals surface area contributed by atoms with Crippen LogP contribution < -0.4 is 14.8 Å². The molecule has 0 heterocycles. The van der Waals surface area contributed by atoms with Crippen molar-refractivity contribution in [2.45, 2.75) is 43.0 Å². The lowest BCUT2D eigenvalue weighted by molar-refractivity contribution is 0.0697. The molecule has 29 heavy (non-hydrogen) atoms. The number of hydrogen-bond donors (Lipinski definition) is 3. The van der Waals surface area contributed by atoms with E-state index in [4.69, 9.17) is 4.74 Å². The van der Waals surface area contributed by atoms with E-state index in [1.807, 2.05) is 24.3 Å². The highest BCUT2D eigenvalue weighted by Gasteiger charge is 2.21. The molecule has 0 spiro atoms. The number of hydrogen-bond acceptors (Lipinski definition) is 5. The first kappa shape index (κ1) is 21.1. The summed E-state index contributed by atoms with van der Waals surface area (Å²) in [5.41, 5.74) is 1.40. The highest BCUT2D eigenvalue weighted by atomic mass is 32.2. The summed E-state index contributed by atoms with van der Waals surface area (Å²) in [6.45, 7) is 0.207. The highest BCUT2D eigenvalue weighted by Crippen LogP contribution is 2.26. The Hall–Kier alpha value is -2.58. The van der Waals surface area contributed by atoms with Crippen LogP contribution in [0.3, 0.4) is 0 Å². The zero-order valence-corrected chi connectivity index (χ0v) is 17.2. The summed E-state index contributed by atoms with van der Waals surface area (Å²) in [6.07, 6.45) is 4.73. The molecule has 0 aliphatic heterocycles. The SMILES string of the molecule is COc1ccc(CCNS(=O)(=O)c2ccc(NC3CCCC3)c(C(=O)O)c2)cc1. The predicted octanol–water partition coefficient (Wildman–Crippen LogP) is 3.27. The third-order valence-corrected chi connectivity index (χ3v) is 6.57. The Morgan fingerprint density at radius 3 is 2.45 bits per heavy atom. The second-order valence-corrected chi connectivity index (χ2v) is 8.90. The smallest absolute Gasteiger partial charge is 0.337 e. The van der Waals surface area contributed by atoms with Crippen LogP contribution in [0, 0.1) is 0 Å². The summed E-state index contributed by atoms with van der Waals surface area (Å²) < 4.78 is 32.9. The minimum Gasteiger partial charge on any atom is -0.497 e. The fraction of sp³-hybridized carbons (Fsp3) is 0.381. The van der Waals surface area contributed by atoms with Crippen LogP contribution in [-0.2, 0) is 16.4 Å². The molecule has 0 saturated heterocycles. The summed E-state index contributed by atoms with van der Waals surface area (Å²) in [4.78, 5) is 11.6. The number of carbonyl (C=O) groups is 1. The number of carboxylic acid groups (broad SMARTS) is 1. The number of methoxy groups -OCH3 is 1. The Balaban J connectivity index is 1.68. The van der Waals surface area contributed by atoms with Crippen molar-refractivity contribution < 1.29 is 23.1 Å². The van der Waals surface area contributed by atoms with E-state index in [1.165, 1.54) is 12.1 Å². The molecule has 1 aliphatic carbocycles. The van der Waals surface area contributed by atoms with Crippen molar-refractivity contribution >= 4 is 21.7 Å². The predicted molar refractivity (Wildman–Crippen MR) is 111 cm³/mol. The van der Waals surface area contributed by atoms with Gasteiger partial charge in [0.05, 0.1) is 17.6 Å². The highest BCUT2D eigenvalue weighted by molar-refractivity contribution is 7.89. The van der Waals surface area contributed by atoms with E-state index in [0.29, 0.717) is 12.1 Å². The van der Waals surface area contributed by atoms with Gasteiger partial charge in [0.1, 0.15) is 5.75 Å². The van der Waals surface area contributed by atoms with Gasteiger partial charge in [-0.3, -0.25) is 0 Å². The lowest BCUT2D eigenvalue weighted by Crippen LogP contribution is -2.26. The van der Waals surface area contributed by atoms with Gasteiger partial charge in [-0.05, 0) is 55.2 Å². The number of anilines is 1. The van der Waals surface area contributed by atoms with E-state index in [2.05, 4.69) is 10.0 Å². The maximum atomic E-state index is 12.6. The molecule has 2 aromatic carbocycles. The van der Waals surface area contributed by atoms with Gasteiger partial charge in [-0.15, -0.1) is 0 Å². The first-order chi connectivity index (χ1) is 13.9. The third-order valence-electron chi connectivity index (χ3n) is 5.11. The van der Waals surface area contributed by atoms with Crippen LogP contribution in [0.4, 0.5) is 5.69 Å². The summed E-state index contributed by atoms with van der Waals surface area (Å²) in [5, 5.41) is 12.8. The van der Waals surface area contributed by atoms with Crippen LogP contribution >= 0.6 is 0 Å². The van der Waals surface area contributed by atoms with E-state index in [-0.39, 0.29) is 23.0 Å². The topological polar surface area (TPSA) is 105 Å². The molecule has 7 nitrogen and oxygen atoms in total. The van der Waals surface area contributed by atoms with Gasteiger partial charge in [0, 0.05) is 18.3 Å². The Morgan fingerprint density at radius 2 is 1.83 bits per heavy atom. The average molecular weight is 419 g/mol. The summed E-state index contributed by atoms with van der Waals surface area (Å²) in [6, 6.07) is 11.8. The van der Waals surface area contributed by atoms with E-state index < -0.39 is 16.0 Å². The molecule has 0 radical (unpaired) electrons. The van der Waals surface area contributed by atoms with Crippen molar-refractivity contribution in [3.8, 4) is 5.75 Å². The van der Waals surface area contributed by atoms with Gasteiger partial charge in [-0.2, -0.15) is 0 Å². The fourth-order valence-electron chi connectivity index (χ4n) is 3.49. The van der Waals surface area contributed by atoms with E-state index >= 15 is 0 Å². The van der Waals surface area contributed by atoms with Crippen molar-refractivity contribution in [3.05, 3.63) is 53.6 Å². The first-order valence-electron chi connectivity index (χ1n) is 9.65. The van der Waals surface area contributed by atoms with E-state index in [0.717, 1.165) is 37.0 Å². The molecule has 156 valence electrons. The monoisotopic (exact) mass is 418 g/mol. The van der Waals surface area contributed by atoms with E-state index in [9.17, 15) is 18.3 Å². The Labute approximate surface area is 171 Å². The summed E-state index contributed by atoms with van der Waals surface area (Å²) >= 11 is 0. The minimum atomic E-state index is -3.81. The second-order valence-electron chi connectivity index (χ2n) is 7.13. The lowest BCUT2D eigenvalue weighted by atomic mass is 10.1. The normalized spacial score (nSPS) is 14.7. The number of aromatic carboxylic acids is 1. The maximum absolute atomic E-state index is 12.6. The van der Waals surface area contributed by atoms with Gasteiger partial charge in [-0.1, -0.05) is 25.0 Å². The van der Waals surface area contributed by atoms with Crippen molar-refractivity contribution in [3.63, 3.8) is 0 Å². The van der Waals surface area contributed by atoms with E-state index in [1.54, 1.807) is 13.2 Å². The molecule has 8 heteroatoms. The molecular weight excluding hydrogens is 392 g/mol. The number of nitrogens with one attached hydrogen (secondary N) is 2. The number of benzene rings is 2. The Morgan fingerprint density at radius 1 is 1.14 bits per heavy atom. The van der Waals surface area contributed by atoms with Gasteiger partial charge in [0.25, 0.3) is 0 Å².